The van der Waals surface area contributed by atoms with Crippen LogP contribution >= 0.6 is 0 Å². The largest absolute Gasteiger partial charge is 0.347 e. The van der Waals surface area contributed by atoms with Gasteiger partial charge < -0.3 is 9.88 Å². The van der Waals surface area contributed by atoms with Crippen molar-refractivity contribution in [2.45, 2.75) is 39.8 Å². The van der Waals surface area contributed by atoms with Gasteiger partial charge in [0.15, 0.2) is 0 Å². The fraction of sp³-hybridized carbons (Fsp3) is 0.467. The number of hydrogen-bond donors (Lipinski definition) is 1. The summed E-state index contributed by atoms with van der Waals surface area (Å²) < 4.78 is 2.33. The molecule has 0 aliphatic rings. The molecule has 1 heterocycles. The Kier molecular flexibility index (Phi) is 4.21. The van der Waals surface area contributed by atoms with Crippen molar-refractivity contribution in [3.8, 4) is 0 Å². The van der Waals surface area contributed by atoms with Gasteiger partial charge in [-0.1, -0.05) is 19.9 Å². The Labute approximate surface area is 104 Å². The van der Waals surface area contributed by atoms with Crippen LogP contribution in [0.25, 0.3) is 10.9 Å². The first kappa shape index (κ1) is 12.2. The minimum Gasteiger partial charge on any atom is -0.347 e. The van der Waals surface area contributed by atoms with Crippen LogP contribution in [0, 0.1) is 0 Å². The van der Waals surface area contributed by atoms with Crippen LogP contribution in [0.1, 0.15) is 32.3 Å². The SMILES string of the molecule is CCCNCc1ccc2c(ccn2CCC)c1. The highest BCUT2D eigenvalue weighted by Crippen LogP contribution is 2.18. The zero-order valence-corrected chi connectivity index (χ0v) is 10.9. The Bertz CT molecular complexity index is 471. The molecule has 0 bridgehead atoms. The number of rotatable bonds is 6. The van der Waals surface area contributed by atoms with Crippen LogP contribution < -0.4 is 5.32 Å². The Morgan fingerprint density at radius 1 is 1.12 bits per heavy atom. The monoisotopic (exact) mass is 230 g/mol. The average Bonchev–Trinajstić information content (AvgIpc) is 2.73. The summed E-state index contributed by atoms with van der Waals surface area (Å²) in [6, 6.07) is 8.99. The molecule has 0 amide bonds. The van der Waals surface area contributed by atoms with Crippen LogP contribution in [0.5, 0.6) is 0 Å². The lowest BCUT2D eigenvalue weighted by Crippen LogP contribution is -2.13. The van der Waals surface area contributed by atoms with Gasteiger partial charge in [0.05, 0.1) is 0 Å². The molecule has 2 aromatic rings. The smallest absolute Gasteiger partial charge is 0.0480 e. The Morgan fingerprint density at radius 2 is 2.00 bits per heavy atom. The molecule has 0 unspecified atom stereocenters. The second-order valence-electron chi connectivity index (χ2n) is 4.58. The Balaban J connectivity index is 2.14. The Hall–Kier alpha value is -1.28. The molecule has 0 aliphatic heterocycles. The molecular formula is C15H22N2. The summed E-state index contributed by atoms with van der Waals surface area (Å²) in [6.07, 6.45) is 4.57. The lowest BCUT2D eigenvalue weighted by Gasteiger charge is -2.05. The van der Waals surface area contributed by atoms with Crippen molar-refractivity contribution in [1.82, 2.24) is 9.88 Å². The third-order valence-electron chi connectivity index (χ3n) is 3.06. The zero-order valence-electron chi connectivity index (χ0n) is 10.9. The molecule has 1 N–H and O–H groups in total. The van der Waals surface area contributed by atoms with E-state index in [4.69, 9.17) is 0 Å². The molecule has 2 heteroatoms. The van der Waals surface area contributed by atoms with E-state index in [0.29, 0.717) is 0 Å². The van der Waals surface area contributed by atoms with Gasteiger partial charge in [-0.2, -0.15) is 0 Å². The highest BCUT2D eigenvalue weighted by atomic mass is 14.9. The number of benzene rings is 1. The first-order valence-corrected chi connectivity index (χ1v) is 6.63. The fourth-order valence-corrected chi connectivity index (χ4v) is 2.20. The van der Waals surface area contributed by atoms with Gasteiger partial charge in [0, 0.05) is 24.8 Å². The maximum absolute atomic E-state index is 3.44. The predicted molar refractivity (Wildman–Crippen MR) is 74.2 cm³/mol. The second-order valence-corrected chi connectivity index (χ2v) is 4.58. The van der Waals surface area contributed by atoms with Gasteiger partial charge in [-0.3, -0.25) is 0 Å². The number of aryl methyl sites for hydroxylation is 1. The molecule has 1 aromatic heterocycles. The molecule has 0 saturated heterocycles. The first-order valence-electron chi connectivity index (χ1n) is 6.63. The van der Waals surface area contributed by atoms with E-state index in [1.165, 1.54) is 29.3 Å². The molecule has 92 valence electrons. The summed E-state index contributed by atoms with van der Waals surface area (Å²) in [6.45, 7) is 7.59. The van der Waals surface area contributed by atoms with E-state index < -0.39 is 0 Å². The maximum atomic E-state index is 3.44. The highest BCUT2D eigenvalue weighted by molar-refractivity contribution is 5.80. The average molecular weight is 230 g/mol. The van der Waals surface area contributed by atoms with Crippen LogP contribution in [-0.2, 0) is 13.1 Å². The van der Waals surface area contributed by atoms with Crippen LogP contribution in [0.2, 0.25) is 0 Å². The van der Waals surface area contributed by atoms with Crippen molar-refractivity contribution >= 4 is 10.9 Å². The number of aromatic nitrogens is 1. The minimum atomic E-state index is 0.975. The van der Waals surface area contributed by atoms with E-state index >= 15 is 0 Å². The summed E-state index contributed by atoms with van der Waals surface area (Å²) >= 11 is 0. The summed E-state index contributed by atoms with van der Waals surface area (Å²) in [7, 11) is 0. The summed E-state index contributed by atoms with van der Waals surface area (Å²) in [5, 5.41) is 4.80. The highest BCUT2D eigenvalue weighted by Gasteiger charge is 2.01. The van der Waals surface area contributed by atoms with Gasteiger partial charge in [-0.25, -0.2) is 0 Å². The van der Waals surface area contributed by atoms with E-state index in [9.17, 15) is 0 Å². The van der Waals surface area contributed by atoms with E-state index in [2.05, 4.69) is 54.2 Å². The van der Waals surface area contributed by atoms with E-state index in [-0.39, 0.29) is 0 Å². The van der Waals surface area contributed by atoms with Gasteiger partial charge in [-0.05, 0) is 48.5 Å². The number of nitrogens with zero attached hydrogens (tertiary/aromatic N) is 1. The molecule has 2 nitrogen and oxygen atoms in total. The van der Waals surface area contributed by atoms with Crippen LogP contribution in [-0.4, -0.2) is 11.1 Å². The lowest BCUT2D eigenvalue weighted by molar-refractivity contribution is 0.675. The maximum Gasteiger partial charge on any atom is 0.0480 e. The first-order chi connectivity index (χ1) is 8.35. The van der Waals surface area contributed by atoms with Crippen molar-refractivity contribution in [1.29, 1.82) is 0 Å². The normalized spacial score (nSPS) is 11.2. The van der Waals surface area contributed by atoms with Gasteiger partial charge in [-0.15, -0.1) is 0 Å². The molecule has 0 saturated carbocycles. The number of fused-ring (bicyclic) bond motifs is 1. The topological polar surface area (TPSA) is 17.0 Å². The van der Waals surface area contributed by atoms with Gasteiger partial charge in [0.2, 0.25) is 0 Å². The molecule has 0 spiro atoms. The summed E-state index contributed by atoms with van der Waals surface area (Å²) in [5.74, 6) is 0. The summed E-state index contributed by atoms with van der Waals surface area (Å²) in [5.41, 5.74) is 2.73. The third-order valence-corrected chi connectivity index (χ3v) is 3.06. The fourth-order valence-electron chi connectivity index (χ4n) is 2.20. The van der Waals surface area contributed by atoms with Crippen molar-refractivity contribution in [2.75, 3.05) is 6.54 Å². The molecule has 1 aromatic carbocycles. The molecule has 2 rings (SSSR count). The number of hydrogen-bond acceptors (Lipinski definition) is 1. The second kappa shape index (κ2) is 5.87. The molecule has 0 atom stereocenters. The third kappa shape index (κ3) is 2.89. The van der Waals surface area contributed by atoms with Crippen LogP contribution in [0.3, 0.4) is 0 Å². The zero-order chi connectivity index (χ0) is 12.1. The van der Waals surface area contributed by atoms with Gasteiger partial charge in [0.1, 0.15) is 0 Å². The molecule has 0 aliphatic carbocycles. The van der Waals surface area contributed by atoms with E-state index in [0.717, 1.165) is 19.6 Å². The minimum absolute atomic E-state index is 0.975. The molecular weight excluding hydrogens is 208 g/mol. The predicted octanol–water partition coefficient (Wildman–Crippen LogP) is 3.55. The van der Waals surface area contributed by atoms with Gasteiger partial charge >= 0.3 is 0 Å². The number of nitrogens with one attached hydrogen (secondary N) is 1. The quantitative estimate of drug-likeness (QED) is 0.751. The van der Waals surface area contributed by atoms with Crippen molar-refractivity contribution in [3.05, 3.63) is 36.0 Å². The lowest BCUT2D eigenvalue weighted by atomic mass is 10.1. The van der Waals surface area contributed by atoms with Crippen molar-refractivity contribution in [2.24, 2.45) is 0 Å². The van der Waals surface area contributed by atoms with E-state index in [1.807, 2.05) is 0 Å². The molecule has 17 heavy (non-hydrogen) atoms. The van der Waals surface area contributed by atoms with Crippen molar-refractivity contribution in [3.63, 3.8) is 0 Å². The molecule has 0 radical (unpaired) electrons. The van der Waals surface area contributed by atoms with Gasteiger partial charge in [0.25, 0.3) is 0 Å². The van der Waals surface area contributed by atoms with E-state index in [1.54, 1.807) is 0 Å². The summed E-state index contributed by atoms with van der Waals surface area (Å²) in [4.78, 5) is 0. The molecule has 0 fully saturated rings. The Morgan fingerprint density at radius 3 is 2.76 bits per heavy atom. The van der Waals surface area contributed by atoms with Crippen LogP contribution in [0.4, 0.5) is 0 Å². The van der Waals surface area contributed by atoms with Crippen molar-refractivity contribution < 1.29 is 0 Å². The standard InChI is InChI=1S/C15H22N2/c1-3-8-16-12-13-5-6-15-14(11-13)7-10-17(15)9-4-2/h5-7,10-11,16H,3-4,8-9,12H2,1-2H3. The van der Waals surface area contributed by atoms with Crippen LogP contribution in [0.15, 0.2) is 30.5 Å².